The molecule has 0 aliphatic rings. The molecule has 2 nitrogen and oxygen atoms in total. The highest BCUT2D eigenvalue weighted by molar-refractivity contribution is 7.98. The Labute approximate surface area is 119 Å². The molecule has 0 saturated heterocycles. The van der Waals surface area contributed by atoms with Crippen LogP contribution in [0.5, 0.6) is 0 Å². The summed E-state index contributed by atoms with van der Waals surface area (Å²) in [7, 11) is 1.86. The van der Waals surface area contributed by atoms with Crippen molar-refractivity contribution in [1.82, 2.24) is 4.90 Å². The number of nitrogens with zero attached hydrogens (tertiary/aromatic N) is 1. The first-order valence-electron chi connectivity index (χ1n) is 6.01. The van der Waals surface area contributed by atoms with E-state index in [2.05, 4.69) is 13.2 Å². The molecule has 0 N–H and O–H groups in total. The predicted octanol–water partition coefficient (Wildman–Crippen LogP) is 3.64. The van der Waals surface area contributed by atoms with Crippen LogP contribution in [0.15, 0.2) is 24.3 Å². The van der Waals surface area contributed by atoms with E-state index in [0.29, 0.717) is 5.88 Å². The Bertz CT molecular complexity index is 380. The summed E-state index contributed by atoms with van der Waals surface area (Å²) in [6.07, 6.45) is 3.10. The average Bonchev–Trinajstić information content (AvgIpc) is 2.43. The van der Waals surface area contributed by atoms with Crippen LogP contribution in [0.25, 0.3) is 0 Å². The number of carbonyl (C=O) groups excluding carboxylic acids is 1. The lowest BCUT2D eigenvalue weighted by Gasteiger charge is -2.25. The average molecular weight is 286 g/mol. The number of thioether (sulfide) groups is 1. The molecule has 0 aliphatic carbocycles. The number of benzene rings is 1. The van der Waals surface area contributed by atoms with Gasteiger partial charge in [-0.1, -0.05) is 12.1 Å². The normalized spacial score (nSPS) is 12.2. The number of hydrogen-bond acceptors (Lipinski definition) is 2. The zero-order chi connectivity index (χ0) is 13.5. The highest BCUT2D eigenvalue weighted by Crippen LogP contribution is 2.12. The van der Waals surface area contributed by atoms with E-state index < -0.39 is 0 Å². The molecule has 0 saturated carbocycles. The zero-order valence-electron chi connectivity index (χ0n) is 11.1. The first-order chi connectivity index (χ1) is 8.60. The van der Waals surface area contributed by atoms with E-state index in [4.69, 9.17) is 11.6 Å². The summed E-state index contributed by atoms with van der Waals surface area (Å²) in [6.45, 7) is 2.08. The number of alkyl halides is 1. The van der Waals surface area contributed by atoms with E-state index in [1.807, 2.05) is 48.0 Å². The standard InChI is InChI=1S/C14H20ClNOS/c1-11(8-9-18-3)16(2)14(17)13-6-4-12(10-15)5-7-13/h4-7,11H,8-10H2,1-3H3. The molecule has 0 aromatic heterocycles. The van der Waals surface area contributed by atoms with Crippen molar-refractivity contribution in [2.45, 2.75) is 25.3 Å². The molecule has 0 radical (unpaired) electrons. The molecule has 1 unspecified atom stereocenters. The van der Waals surface area contributed by atoms with Gasteiger partial charge in [0.05, 0.1) is 0 Å². The third kappa shape index (κ3) is 4.21. The Kier molecular flexibility index (Phi) is 6.58. The molecule has 1 rings (SSSR count). The van der Waals surface area contributed by atoms with E-state index >= 15 is 0 Å². The maximum Gasteiger partial charge on any atom is 0.253 e. The third-order valence-electron chi connectivity index (χ3n) is 3.08. The SMILES string of the molecule is CSCCC(C)N(C)C(=O)c1ccc(CCl)cc1. The van der Waals surface area contributed by atoms with Gasteiger partial charge in [0.15, 0.2) is 0 Å². The number of amides is 1. The van der Waals surface area contributed by atoms with E-state index in [1.54, 1.807) is 0 Å². The van der Waals surface area contributed by atoms with Crippen molar-refractivity contribution < 1.29 is 4.79 Å². The Morgan fingerprint density at radius 1 is 1.39 bits per heavy atom. The van der Waals surface area contributed by atoms with Crippen LogP contribution in [0, 0.1) is 0 Å². The molecule has 1 aromatic rings. The van der Waals surface area contributed by atoms with Gasteiger partial charge in [0.2, 0.25) is 0 Å². The summed E-state index contributed by atoms with van der Waals surface area (Å²) in [6, 6.07) is 7.76. The van der Waals surface area contributed by atoms with Gasteiger partial charge in [-0.15, -0.1) is 11.6 Å². The van der Waals surface area contributed by atoms with Gasteiger partial charge in [0, 0.05) is 24.5 Å². The maximum atomic E-state index is 12.2. The van der Waals surface area contributed by atoms with Crippen molar-refractivity contribution in [3.05, 3.63) is 35.4 Å². The molecule has 0 spiro atoms. The molecule has 0 fully saturated rings. The quantitative estimate of drug-likeness (QED) is 0.744. The number of carbonyl (C=O) groups is 1. The number of hydrogen-bond donors (Lipinski definition) is 0. The third-order valence-corrected chi connectivity index (χ3v) is 4.03. The lowest BCUT2D eigenvalue weighted by molar-refractivity contribution is 0.0741. The smallest absolute Gasteiger partial charge is 0.253 e. The Hall–Kier alpha value is -0.670. The van der Waals surface area contributed by atoms with Gasteiger partial charge in [-0.25, -0.2) is 0 Å². The van der Waals surface area contributed by atoms with Crippen LogP contribution in [-0.4, -0.2) is 35.9 Å². The van der Waals surface area contributed by atoms with Crippen molar-refractivity contribution in [2.75, 3.05) is 19.1 Å². The molecule has 1 atom stereocenters. The van der Waals surface area contributed by atoms with E-state index in [9.17, 15) is 4.79 Å². The van der Waals surface area contributed by atoms with Gasteiger partial charge in [-0.2, -0.15) is 11.8 Å². The summed E-state index contributed by atoms with van der Waals surface area (Å²) < 4.78 is 0. The summed E-state index contributed by atoms with van der Waals surface area (Å²) >= 11 is 7.54. The maximum absolute atomic E-state index is 12.2. The van der Waals surface area contributed by atoms with Crippen molar-refractivity contribution >= 4 is 29.3 Å². The second kappa shape index (κ2) is 7.70. The summed E-state index contributed by atoms with van der Waals surface area (Å²) in [5.74, 6) is 1.63. The lowest BCUT2D eigenvalue weighted by Crippen LogP contribution is -2.35. The highest BCUT2D eigenvalue weighted by Gasteiger charge is 2.16. The van der Waals surface area contributed by atoms with Crippen molar-refractivity contribution in [1.29, 1.82) is 0 Å². The zero-order valence-corrected chi connectivity index (χ0v) is 12.7. The van der Waals surface area contributed by atoms with E-state index in [0.717, 1.165) is 23.3 Å². The van der Waals surface area contributed by atoms with Crippen molar-refractivity contribution in [2.24, 2.45) is 0 Å². The second-order valence-electron chi connectivity index (χ2n) is 4.38. The Morgan fingerprint density at radius 3 is 2.50 bits per heavy atom. The first-order valence-corrected chi connectivity index (χ1v) is 7.94. The van der Waals surface area contributed by atoms with Crippen molar-refractivity contribution in [3.8, 4) is 0 Å². The molecule has 0 heterocycles. The summed E-state index contributed by atoms with van der Waals surface area (Å²) in [5.41, 5.74) is 1.76. The van der Waals surface area contributed by atoms with Crippen LogP contribution in [-0.2, 0) is 5.88 Å². The number of halogens is 1. The van der Waals surface area contributed by atoms with Crippen LogP contribution in [0.3, 0.4) is 0 Å². The van der Waals surface area contributed by atoms with Gasteiger partial charge < -0.3 is 4.90 Å². The first kappa shape index (κ1) is 15.4. The van der Waals surface area contributed by atoms with Crippen LogP contribution in [0.1, 0.15) is 29.3 Å². The molecular formula is C14H20ClNOS. The van der Waals surface area contributed by atoms with E-state index in [-0.39, 0.29) is 11.9 Å². The van der Waals surface area contributed by atoms with Gasteiger partial charge in [0.25, 0.3) is 5.91 Å². The molecule has 18 heavy (non-hydrogen) atoms. The number of rotatable bonds is 6. The molecule has 100 valence electrons. The highest BCUT2D eigenvalue weighted by atomic mass is 35.5. The molecular weight excluding hydrogens is 266 g/mol. The molecule has 0 bridgehead atoms. The Morgan fingerprint density at radius 2 is 2.00 bits per heavy atom. The van der Waals surface area contributed by atoms with Crippen molar-refractivity contribution in [3.63, 3.8) is 0 Å². The molecule has 1 amide bonds. The van der Waals surface area contributed by atoms with Gasteiger partial charge in [-0.05, 0) is 43.0 Å². The van der Waals surface area contributed by atoms with Crippen LogP contribution >= 0.6 is 23.4 Å². The summed E-state index contributed by atoms with van der Waals surface area (Å²) in [4.78, 5) is 14.0. The monoisotopic (exact) mass is 285 g/mol. The summed E-state index contributed by atoms with van der Waals surface area (Å²) in [5, 5.41) is 0. The van der Waals surface area contributed by atoms with Gasteiger partial charge in [0.1, 0.15) is 0 Å². The second-order valence-corrected chi connectivity index (χ2v) is 5.63. The van der Waals surface area contributed by atoms with Crippen LogP contribution in [0.4, 0.5) is 0 Å². The largest absolute Gasteiger partial charge is 0.339 e. The fourth-order valence-corrected chi connectivity index (χ4v) is 2.38. The molecule has 0 aliphatic heterocycles. The minimum Gasteiger partial charge on any atom is -0.339 e. The topological polar surface area (TPSA) is 20.3 Å². The van der Waals surface area contributed by atoms with Gasteiger partial charge in [-0.3, -0.25) is 4.79 Å². The fraction of sp³-hybridized carbons (Fsp3) is 0.500. The van der Waals surface area contributed by atoms with Crippen LogP contribution in [0.2, 0.25) is 0 Å². The predicted molar refractivity (Wildman–Crippen MR) is 80.6 cm³/mol. The minimum atomic E-state index is 0.0738. The lowest BCUT2D eigenvalue weighted by atomic mass is 10.1. The van der Waals surface area contributed by atoms with E-state index in [1.165, 1.54) is 0 Å². The minimum absolute atomic E-state index is 0.0738. The molecule has 1 aromatic carbocycles. The Balaban J connectivity index is 2.67. The van der Waals surface area contributed by atoms with Gasteiger partial charge >= 0.3 is 0 Å². The van der Waals surface area contributed by atoms with Crippen LogP contribution < -0.4 is 0 Å². The fourth-order valence-electron chi connectivity index (χ4n) is 1.62. The molecule has 4 heteroatoms.